The molecule has 2 aromatic heterocycles. The van der Waals surface area contributed by atoms with Crippen molar-refractivity contribution in [3.05, 3.63) is 66.6 Å². The number of anilines is 1. The van der Waals surface area contributed by atoms with Gasteiger partial charge < -0.3 is 19.2 Å². The zero-order valence-corrected chi connectivity index (χ0v) is 19.5. The number of hydrogen-bond donors (Lipinski definition) is 1. The average Bonchev–Trinajstić information content (AvgIpc) is 3.70. The number of carbonyl (C=O) groups is 2. The number of aromatic nitrogens is 3. The van der Waals surface area contributed by atoms with Crippen LogP contribution in [0.15, 0.2) is 65.3 Å². The zero-order valence-electron chi connectivity index (χ0n) is 19.5. The van der Waals surface area contributed by atoms with Gasteiger partial charge in [0.15, 0.2) is 17.5 Å². The fourth-order valence-corrected chi connectivity index (χ4v) is 4.88. The minimum atomic E-state index is -1.02. The molecule has 2 aliphatic rings. The van der Waals surface area contributed by atoms with Crippen molar-refractivity contribution in [3.63, 3.8) is 0 Å². The summed E-state index contributed by atoms with van der Waals surface area (Å²) in [7, 11) is 0. The molecule has 184 valence electrons. The Kier molecular flexibility index (Phi) is 5.76. The van der Waals surface area contributed by atoms with Crippen LogP contribution in [0.25, 0.3) is 11.0 Å². The molecule has 2 amide bonds. The van der Waals surface area contributed by atoms with Gasteiger partial charge in [-0.2, -0.15) is 0 Å². The molecule has 0 unspecified atom stereocenters. The molecule has 1 aliphatic heterocycles. The first-order chi connectivity index (χ1) is 17.7. The highest BCUT2D eigenvalue weighted by Gasteiger charge is 2.37. The minimum absolute atomic E-state index is 0.0722. The molecule has 2 aromatic carbocycles. The topological polar surface area (TPSA) is 112 Å². The molecule has 0 spiro atoms. The van der Waals surface area contributed by atoms with Crippen LogP contribution in [0.5, 0.6) is 11.5 Å². The standard InChI is InChI=1S/C26H25N5O5/c32-24(15-30-20-9-4-3-8-19(20)28-29-30)31(18-11-12-21-23(14-18)36-16-35-21)25(22-10-5-13-34-22)26(33)27-17-6-1-2-7-17/h3-5,8-14,17,25H,1-2,6-7,15-16H2,(H,27,33)/t25-/m1/s1. The first kappa shape index (κ1) is 22.1. The van der Waals surface area contributed by atoms with Crippen molar-refractivity contribution < 1.29 is 23.5 Å². The molecule has 4 aromatic rings. The van der Waals surface area contributed by atoms with Crippen LogP contribution in [0.4, 0.5) is 5.69 Å². The number of nitrogens with one attached hydrogen (secondary N) is 1. The second-order valence-corrected chi connectivity index (χ2v) is 8.95. The Morgan fingerprint density at radius 2 is 1.89 bits per heavy atom. The summed E-state index contributed by atoms with van der Waals surface area (Å²) in [6, 6.07) is 15.1. The van der Waals surface area contributed by atoms with Crippen LogP contribution in [0.2, 0.25) is 0 Å². The largest absolute Gasteiger partial charge is 0.467 e. The third kappa shape index (κ3) is 4.15. The Morgan fingerprint density at radius 3 is 2.72 bits per heavy atom. The highest BCUT2D eigenvalue weighted by Crippen LogP contribution is 2.38. The second-order valence-electron chi connectivity index (χ2n) is 8.95. The third-order valence-corrected chi connectivity index (χ3v) is 6.63. The molecule has 0 radical (unpaired) electrons. The number of para-hydroxylation sites is 1. The maximum Gasteiger partial charge on any atom is 0.251 e. The first-order valence-electron chi connectivity index (χ1n) is 12.0. The van der Waals surface area contributed by atoms with Crippen LogP contribution in [-0.2, 0) is 16.1 Å². The maximum atomic E-state index is 14.0. The highest BCUT2D eigenvalue weighted by atomic mass is 16.7. The van der Waals surface area contributed by atoms with E-state index in [0.717, 1.165) is 31.2 Å². The zero-order chi connectivity index (χ0) is 24.5. The summed E-state index contributed by atoms with van der Waals surface area (Å²) in [6.45, 7) is -0.0235. The summed E-state index contributed by atoms with van der Waals surface area (Å²) < 4.78 is 18.2. The lowest BCUT2D eigenvalue weighted by molar-refractivity contribution is -0.127. The SMILES string of the molecule is O=C(NC1CCCC1)[C@@H](c1ccco1)N(C(=O)Cn1nnc2ccccc21)c1ccc2c(c1)OCO2. The van der Waals surface area contributed by atoms with Gasteiger partial charge in [-0.1, -0.05) is 30.2 Å². The lowest BCUT2D eigenvalue weighted by Gasteiger charge is -2.31. The number of carbonyl (C=O) groups excluding carboxylic acids is 2. The second kappa shape index (κ2) is 9.37. The van der Waals surface area contributed by atoms with E-state index in [-0.39, 0.29) is 31.2 Å². The van der Waals surface area contributed by atoms with Crippen molar-refractivity contribution in [2.75, 3.05) is 11.7 Å². The summed E-state index contributed by atoms with van der Waals surface area (Å²) in [5.41, 5.74) is 1.89. The summed E-state index contributed by atoms with van der Waals surface area (Å²) in [4.78, 5) is 29.1. The molecule has 0 saturated heterocycles. The van der Waals surface area contributed by atoms with Crippen molar-refractivity contribution in [2.24, 2.45) is 0 Å². The Balaban J connectivity index is 1.40. The van der Waals surface area contributed by atoms with Gasteiger partial charge in [-0.15, -0.1) is 5.10 Å². The van der Waals surface area contributed by atoms with Gasteiger partial charge in [0.25, 0.3) is 5.91 Å². The maximum absolute atomic E-state index is 14.0. The number of ether oxygens (including phenoxy) is 2. The summed E-state index contributed by atoms with van der Waals surface area (Å²) in [5.74, 6) is 0.794. The molecule has 1 aliphatic carbocycles. The number of fused-ring (bicyclic) bond motifs is 2. The van der Waals surface area contributed by atoms with Crippen LogP contribution < -0.4 is 19.7 Å². The van der Waals surface area contributed by atoms with Crippen molar-refractivity contribution in [3.8, 4) is 11.5 Å². The van der Waals surface area contributed by atoms with E-state index in [1.54, 1.807) is 30.3 Å². The average molecular weight is 488 g/mol. The first-order valence-corrected chi connectivity index (χ1v) is 12.0. The van der Waals surface area contributed by atoms with Gasteiger partial charge in [0.2, 0.25) is 12.7 Å². The van der Waals surface area contributed by atoms with Crippen LogP contribution in [0, 0.1) is 0 Å². The summed E-state index contributed by atoms with van der Waals surface area (Å²) in [6.07, 6.45) is 5.47. The molecule has 10 heteroatoms. The lowest BCUT2D eigenvalue weighted by atomic mass is 10.1. The van der Waals surface area contributed by atoms with Crippen LogP contribution in [0.3, 0.4) is 0 Å². The molecule has 6 rings (SSSR count). The monoisotopic (exact) mass is 487 g/mol. The fourth-order valence-electron chi connectivity index (χ4n) is 4.88. The van der Waals surface area contributed by atoms with Crippen molar-refractivity contribution >= 4 is 28.5 Å². The minimum Gasteiger partial charge on any atom is -0.467 e. The van der Waals surface area contributed by atoms with Crippen LogP contribution >= 0.6 is 0 Å². The number of hydrogen-bond acceptors (Lipinski definition) is 7. The van der Waals surface area contributed by atoms with Gasteiger partial charge in [0.1, 0.15) is 17.8 Å². The lowest BCUT2D eigenvalue weighted by Crippen LogP contribution is -2.47. The number of furan rings is 1. The molecular formula is C26H25N5O5. The number of rotatable bonds is 7. The predicted molar refractivity (Wildman–Crippen MR) is 129 cm³/mol. The van der Waals surface area contributed by atoms with E-state index < -0.39 is 6.04 Å². The number of benzene rings is 2. The van der Waals surface area contributed by atoms with E-state index in [2.05, 4.69) is 15.6 Å². The highest BCUT2D eigenvalue weighted by molar-refractivity contribution is 6.01. The van der Waals surface area contributed by atoms with Gasteiger partial charge in [-0.05, 0) is 49.2 Å². The molecule has 36 heavy (non-hydrogen) atoms. The summed E-state index contributed by atoms with van der Waals surface area (Å²) in [5, 5.41) is 11.5. The van der Waals surface area contributed by atoms with E-state index in [1.807, 2.05) is 24.3 Å². The Labute approximate surface area is 206 Å². The smallest absolute Gasteiger partial charge is 0.251 e. The Morgan fingerprint density at radius 1 is 1.06 bits per heavy atom. The fraction of sp³-hybridized carbons (Fsp3) is 0.308. The van der Waals surface area contributed by atoms with E-state index in [1.165, 1.54) is 15.8 Å². The van der Waals surface area contributed by atoms with Crippen LogP contribution in [-0.4, -0.2) is 39.6 Å². The molecule has 0 bridgehead atoms. The molecule has 1 atom stereocenters. The van der Waals surface area contributed by atoms with E-state index in [9.17, 15) is 9.59 Å². The normalized spacial score (nSPS) is 15.8. The molecule has 1 saturated carbocycles. The number of amides is 2. The van der Waals surface area contributed by atoms with E-state index >= 15 is 0 Å². The van der Waals surface area contributed by atoms with Gasteiger partial charge in [-0.3, -0.25) is 14.5 Å². The predicted octanol–water partition coefficient (Wildman–Crippen LogP) is 3.59. The Bertz CT molecular complexity index is 1390. The van der Waals surface area contributed by atoms with Gasteiger partial charge in [0.05, 0.1) is 11.8 Å². The molecule has 10 nitrogen and oxygen atoms in total. The molecular weight excluding hydrogens is 462 g/mol. The quantitative estimate of drug-likeness (QED) is 0.424. The summed E-state index contributed by atoms with van der Waals surface area (Å²) >= 11 is 0. The van der Waals surface area contributed by atoms with Gasteiger partial charge >= 0.3 is 0 Å². The van der Waals surface area contributed by atoms with Crippen molar-refractivity contribution in [2.45, 2.75) is 44.3 Å². The van der Waals surface area contributed by atoms with Crippen LogP contribution in [0.1, 0.15) is 37.5 Å². The van der Waals surface area contributed by atoms with Crippen molar-refractivity contribution in [1.29, 1.82) is 0 Å². The molecule has 3 heterocycles. The van der Waals surface area contributed by atoms with Gasteiger partial charge in [0, 0.05) is 17.8 Å². The molecule has 1 fully saturated rings. The third-order valence-electron chi connectivity index (χ3n) is 6.63. The Hall–Kier alpha value is -4.34. The molecule has 1 N–H and O–H groups in total. The van der Waals surface area contributed by atoms with E-state index in [4.69, 9.17) is 13.9 Å². The number of nitrogens with zero attached hydrogens (tertiary/aromatic N) is 4. The van der Waals surface area contributed by atoms with Gasteiger partial charge in [-0.25, -0.2) is 4.68 Å². The van der Waals surface area contributed by atoms with Crippen molar-refractivity contribution in [1.82, 2.24) is 20.3 Å². The van der Waals surface area contributed by atoms with E-state index in [0.29, 0.717) is 28.5 Å².